The van der Waals surface area contributed by atoms with E-state index >= 15 is 0 Å². The van der Waals surface area contributed by atoms with Crippen LogP contribution in [-0.2, 0) is 14.4 Å². The summed E-state index contributed by atoms with van der Waals surface area (Å²) in [5.74, 6) is -2.05. The van der Waals surface area contributed by atoms with Crippen molar-refractivity contribution in [3.63, 3.8) is 0 Å². The minimum absolute atomic E-state index is 0.0878. The molecule has 2 amide bonds. The minimum atomic E-state index is -0.991. The number of carboxylic acids is 1. The van der Waals surface area contributed by atoms with E-state index in [4.69, 9.17) is 11.5 Å². The first-order valence-electron chi connectivity index (χ1n) is 6.27. The Bertz CT molecular complexity index is 396. The summed E-state index contributed by atoms with van der Waals surface area (Å²) in [4.78, 5) is 35.6. The van der Waals surface area contributed by atoms with Crippen LogP contribution >= 0.6 is 0 Å². The lowest BCUT2D eigenvalue weighted by molar-refractivity contribution is -0.151. The standard InChI is InChI=1S/C12H21N3O4/c1-7(2)12(11(18)19)3-4-15(6-12)10(17)8(13)5-9(14)16/h7-8H,3-6,13H2,1-2H3,(H2,14,16)(H,18,19). The van der Waals surface area contributed by atoms with E-state index in [1.54, 1.807) is 0 Å². The molecule has 1 aliphatic heterocycles. The van der Waals surface area contributed by atoms with E-state index in [1.807, 2.05) is 13.8 Å². The molecule has 0 radical (unpaired) electrons. The molecule has 7 heteroatoms. The lowest BCUT2D eigenvalue weighted by Gasteiger charge is -2.29. The van der Waals surface area contributed by atoms with Crippen LogP contribution in [0.2, 0.25) is 0 Å². The third-order valence-corrected chi connectivity index (χ3v) is 3.88. The summed E-state index contributed by atoms with van der Waals surface area (Å²) < 4.78 is 0. The summed E-state index contributed by atoms with van der Waals surface area (Å²) in [6.07, 6.45) is 0.173. The average Bonchev–Trinajstić information content (AvgIpc) is 2.72. The molecule has 1 aliphatic rings. The number of carbonyl (C=O) groups excluding carboxylic acids is 2. The van der Waals surface area contributed by atoms with Crippen molar-refractivity contribution in [2.24, 2.45) is 22.8 Å². The zero-order valence-corrected chi connectivity index (χ0v) is 11.3. The molecule has 1 heterocycles. The summed E-state index contributed by atoms with van der Waals surface area (Å²) in [7, 11) is 0. The summed E-state index contributed by atoms with van der Waals surface area (Å²) in [5.41, 5.74) is 9.67. The Morgan fingerprint density at radius 3 is 2.32 bits per heavy atom. The second kappa shape index (κ2) is 5.56. The smallest absolute Gasteiger partial charge is 0.311 e. The van der Waals surface area contributed by atoms with E-state index in [-0.39, 0.29) is 18.9 Å². The maximum absolute atomic E-state index is 12.0. The van der Waals surface area contributed by atoms with Crippen molar-refractivity contribution in [1.82, 2.24) is 4.90 Å². The summed E-state index contributed by atoms with van der Waals surface area (Å²) >= 11 is 0. The maximum atomic E-state index is 12.0. The van der Waals surface area contributed by atoms with Gasteiger partial charge in [-0.3, -0.25) is 14.4 Å². The number of nitrogens with two attached hydrogens (primary N) is 2. The van der Waals surface area contributed by atoms with Gasteiger partial charge in [-0.15, -0.1) is 0 Å². The van der Waals surface area contributed by atoms with Crippen LogP contribution in [0.4, 0.5) is 0 Å². The van der Waals surface area contributed by atoms with Crippen molar-refractivity contribution in [2.45, 2.75) is 32.7 Å². The summed E-state index contributed by atoms with van der Waals surface area (Å²) in [5, 5.41) is 9.37. The Labute approximate surface area is 111 Å². The van der Waals surface area contributed by atoms with Gasteiger partial charge in [-0.25, -0.2) is 0 Å². The van der Waals surface area contributed by atoms with Crippen LogP contribution in [0.15, 0.2) is 0 Å². The van der Waals surface area contributed by atoms with E-state index in [0.29, 0.717) is 13.0 Å². The van der Waals surface area contributed by atoms with Gasteiger partial charge in [0, 0.05) is 13.1 Å². The molecule has 0 saturated carbocycles. The van der Waals surface area contributed by atoms with E-state index in [1.165, 1.54) is 4.90 Å². The first kappa shape index (κ1) is 15.4. The number of hydrogen-bond donors (Lipinski definition) is 3. The number of hydrogen-bond acceptors (Lipinski definition) is 4. The fourth-order valence-electron chi connectivity index (χ4n) is 2.45. The molecule has 0 aromatic rings. The van der Waals surface area contributed by atoms with Crippen molar-refractivity contribution in [3.05, 3.63) is 0 Å². The number of aliphatic carboxylic acids is 1. The third-order valence-electron chi connectivity index (χ3n) is 3.88. The molecule has 0 aromatic carbocycles. The Morgan fingerprint density at radius 1 is 1.37 bits per heavy atom. The van der Waals surface area contributed by atoms with Gasteiger partial charge < -0.3 is 21.5 Å². The molecule has 0 bridgehead atoms. The highest BCUT2D eigenvalue weighted by molar-refractivity contribution is 5.88. The quantitative estimate of drug-likeness (QED) is 0.600. The van der Waals surface area contributed by atoms with Gasteiger partial charge in [0.15, 0.2) is 0 Å². The second-order valence-electron chi connectivity index (χ2n) is 5.40. The van der Waals surface area contributed by atoms with E-state index in [0.717, 1.165) is 0 Å². The van der Waals surface area contributed by atoms with Crippen molar-refractivity contribution < 1.29 is 19.5 Å². The Kier molecular flexibility index (Phi) is 4.52. The second-order valence-corrected chi connectivity index (χ2v) is 5.40. The average molecular weight is 271 g/mol. The topological polar surface area (TPSA) is 127 Å². The number of primary amides is 1. The number of nitrogens with zero attached hydrogens (tertiary/aromatic N) is 1. The van der Waals surface area contributed by atoms with Gasteiger partial charge in [0.25, 0.3) is 0 Å². The minimum Gasteiger partial charge on any atom is -0.481 e. The highest BCUT2D eigenvalue weighted by Crippen LogP contribution is 2.38. The van der Waals surface area contributed by atoms with Crippen molar-refractivity contribution in [2.75, 3.05) is 13.1 Å². The summed E-state index contributed by atoms with van der Waals surface area (Å²) in [6.45, 7) is 4.12. The van der Waals surface area contributed by atoms with Gasteiger partial charge in [-0.05, 0) is 12.3 Å². The van der Waals surface area contributed by atoms with Crippen LogP contribution in [0.25, 0.3) is 0 Å². The Morgan fingerprint density at radius 2 is 1.95 bits per heavy atom. The maximum Gasteiger partial charge on any atom is 0.311 e. The molecule has 0 aromatic heterocycles. The number of rotatable bonds is 5. The van der Waals surface area contributed by atoms with Crippen LogP contribution in [0, 0.1) is 11.3 Å². The zero-order valence-electron chi connectivity index (χ0n) is 11.3. The van der Waals surface area contributed by atoms with Crippen LogP contribution in [0.1, 0.15) is 26.7 Å². The molecular weight excluding hydrogens is 250 g/mol. The van der Waals surface area contributed by atoms with Gasteiger partial charge in [0.2, 0.25) is 11.8 Å². The largest absolute Gasteiger partial charge is 0.481 e. The Hall–Kier alpha value is -1.63. The molecule has 5 N–H and O–H groups in total. The van der Waals surface area contributed by atoms with Crippen LogP contribution in [0.5, 0.6) is 0 Å². The fraction of sp³-hybridized carbons (Fsp3) is 0.750. The van der Waals surface area contributed by atoms with Gasteiger partial charge >= 0.3 is 5.97 Å². The molecule has 1 fully saturated rings. The van der Waals surface area contributed by atoms with Crippen molar-refractivity contribution >= 4 is 17.8 Å². The fourth-order valence-corrected chi connectivity index (χ4v) is 2.45. The highest BCUT2D eigenvalue weighted by Gasteiger charge is 2.48. The Balaban J connectivity index is 2.77. The highest BCUT2D eigenvalue weighted by atomic mass is 16.4. The van der Waals surface area contributed by atoms with Gasteiger partial charge in [-0.1, -0.05) is 13.8 Å². The molecule has 1 rings (SSSR count). The molecular formula is C12H21N3O4. The number of carboxylic acid groups (broad SMARTS) is 1. The van der Waals surface area contributed by atoms with E-state index in [9.17, 15) is 19.5 Å². The first-order chi connectivity index (χ1) is 8.70. The van der Waals surface area contributed by atoms with E-state index in [2.05, 4.69) is 0 Å². The van der Waals surface area contributed by atoms with Crippen LogP contribution in [-0.4, -0.2) is 46.9 Å². The molecule has 1 saturated heterocycles. The molecule has 19 heavy (non-hydrogen) atoms. The van der Waals surface area contributed by atoms with Crippen LogP contribution in [0.3, 0.4) is 0 Å². The number of amides is 2. The van der Waals surface area contributed by atoms with Gasteiger partial charge in [0.05, 0.1) is 17.9 Å². The predicted molar refractivity (Wildman–Crippen MR) is 67.9 cm³/mol. The lowest BCUT2D eigenvalue weighted by Crippen LogP contribution is -2.47. The summed E-state index contributed by atoms with van der Waals surface area (Å²) in [6, 6.07) is -0.991. The van der Waals surface area contributed by atoms with E-state index < -0.39 is 29.2 Å². The number of likely N-dealkylation sites (tertiary alicyclic amines) is 1. The molecule has 7 nitrogen and oxygen atoms in total. The molecule has 0 spiro atoms. The number of carbonyl (C=O) groups is 3. The molecule has 2 unspecified atom stereocenters. The normalized spacial score (nSPS) is 24.5. The van der Waals surface area contributed by atoms with Gasteiger partial charge in [-0.2, -0.15) is 0 Å². The monoisotopic (exact) mass is 271 g/mol. The lowest BCUT2D eigenvalue weighted by atomic mass is 9.76. The SMILES string of the molecule is CC(C)C1(C(=O)O)CCN(C(=O)C(N)CC(N)=O)C1. The van der Waals surface area contributed by atoms with Crippen LogP contribution < -0.4 is 11.5 Å². The van der Waals surface area contributed by atoms with Gasteiger partial charge in [0.1, 0.15) is 0 Å². The van der Waals surface area contributed by atoms with Crippen molar-refractivity contribution in [3.8, 4) is 0 Å². The zero-order chi connectivity index (χ0) is 14.8. The van der Waals surface area contributed by atoms with Crippen molar-refractivity contribution in [1.29, 1.82) is 0 Å². The third kappa shape index (κ3) is 3.04. The molecule has 2 atom stereocenters. The molecule has 0 aliphatic carbocycles. The first-order valence-corrected chi connectivity index (χ1v) is 6.27. The molecule has 108 valence electrons. The predicted octanol–water partition coefficient (Wildman–Crippen LogP) is -0.852.